The third-order valence-electron chi connectivity index (χ3n) is 3.76. The molecule has 0 spiro atoms. The average molecular weight is 276 g/mol. The number of benzene rings is 1. The van der Waals surface area contributed by atoms with E-state index in [4.69, 9.17) is 0 Å². The van der Waals surface area contributed by atoms with E-state index >= 15 is 0 Å². The number of Topliss-reactive ketones (excluding diaryl/α,β-unsaturated/α-hetero) is 1. The lowest BCUT2D eigenvalue weighted by Crippen LogP contribution is -2.34. The SMILES string of the molecule is CCC(CC)CN1C(=O)C(=O)c2cc([N+](=O)[O-])ccc21. The lowest BCUT2D eigenvalue weighted by Gasteiger charge is -2.21. The van der Waals surface area contributed by atoms with Gasteiger partial charge in [-0.2, -0.15) is 0 Å². The Morgan fingerprint density at radius 1 is 1.25 bits per heavy atom. The van der Waals surface area contributed by atoms with E-state index in [1.165, 1.54) is 23.1 Å². The van der Waals surface area contributed by atoms with Crippen LogP contribution in [-0.4, -0.2) is 23.2 Å². The second kappa shape index (κ2) is 5.40. The molecule has 6 heteroatoms. The Morgan fingerprint density at radius 3 is 2.45 bits per heavy atom. The van der Waals surface area contributed by atoms with Crippen molar-refractivity contribution in [2.45, 2.75) is 26.7 Å². The van der Waals surface area contributed by atoms with Crippen LogP contribution in [0.5, 0.6) is 0 Å². The first-order valence-corrected chi connectivity index (χ1v) is 6.64. The third kappa shape index (κ3) is 2.29. The summed E-state index contributed by atoms with van der Waals surface area (Å²) in [6.45, 7) is 4.54. The van der Waals surface area contributed by atoms with Gasteiger partial charge >= 0.3 is 0 Å². The molecule has 1 aliphatic heterocycles. The van der Waals surface area contributed by atoms with Crippen molar-refractivity contribution in [2.75, 3.05) is 11.4 Å². The first kappa shape index (κ1) is 14.2. The number of non-ortho nitro benzene ring substituents is 1. The van der Waals surface area contributed by atoms with Crippen LogP contribution in [0.25, 0.3) is 0 Å². The molecule has 1 amide bonds. The Bertz CT molecular complexity index is 579. The van der Waals surface area contributed by atoms with Crippen LogP contribution in [0.3, 0.4) is 0 Å². The number of nitro groups is 1. The van der Waals surface area contributed by atoms with E-state index in [2.05, 4.69) is 0 Å². The van der Waals surface area contributed by atoms with Crippen molar-refractivity contribution in [2.24, 2.45) is 5.92 Å². The highest BCUT2D eigenvalue weighted by molar-refractivity contribution is 6.52. The quantitative estimate of drug-likeness (QED) is 0.470. The summed E-state index contributed by atoms with van der Waals surface area (Å²) in [6.07, 6.45) is 1.83. The van der Waals surface area contributed by atoms with Gasteiger partial charge in [0.1, 0.15) is 0 Å². The smallest absolute Gasteiger partial charge is 0.299 e. The van der Waals surface area contributed by atoms with Gasteiger partial charge in [0.2, 0.25) is 0 Å². The summed E-state index contributed by atoms with van der Waals surface area (Å²) < 4.78 is 0. The standard InChI is InChI=1S/C14H16N2O4/c1-3-9(4-2)8-15-12-6-5-10(16(19)20)7-11(12)13(17)14(15)18/h5-7,9H,3-4,8H2,1-2H3. The van der Waals surface area contributed by atoms with Crippen molar-refractivity contribution < 1.29 is 14.5 Å². The zero-order valence-electron chi connectivity index (χ0n) is 11.5. The Hall–Kier alpha value is -2.24. The highest BCUT2D eigenvalue weighted by Crippen LogP contribution is 2.33. The molecule has 2 rings (SSSR count). The number of ketones is 1. The molecule has 0 saturated heterocycles. The number of nitrogens with zero attached hydrogens (tertiary/aromatic N) is 2. The molecule has 0 atom stereocenters. The van der Waals surface area contributed by atoms with E-state index in [0.717, 1.165) is 12.8 Å². The molecule has 0 bridgehead atoms. The van der Waals surface area contributed by atoms with Gasteiger partial charge in [-0.25, -0.2) is 0 Å². The molecule has 106 valence electrons. The van der Waals surface area contributed by atoms with Gasteiger partial charge in [-0.05, 0) is 12.0 Å². The minimum absolute atomic E-state index is 0.134. The second-order valence-corrected chi connectivity index (χ2v) is 4.89. The summed E-state index contributed by atoms with van der Waals surface area (Å²) in [5.74, 6) is -0.935. The first-order valence-electron chi connectivity index (χ1n) is 6.64. The van der Waals surface area contributed by atoms with Crippen molar-refractivity contribution in [1.29, 1.82) is 0 Å². The predicted octanol–water partition coefficient (Wildman–Crippen LogP) is 2.56. The Balaban J connectivity index is 2.38. The summed E-state index contributed by atoms with van der Waals surface area (Å²) >= 11 is 0. The number of carbonyl (C=O) groups excluding carboxylic acids is 2. The highest BCUT2D eigenvalue weighted by Gasteiger charge is 2.37. The maximum absolute atomic E-state index is 12.0. The molecule has 1 aromatic carbocycles. The molecule has 0 radical (unpaired) electrons. The Labute approximate surface area is 116 Å². The number of nitro benzene ring substituents is 1. The van der Waals surface area contributed by atoms with E-state index in [-0.39, 0.29) is 11.3 Å². The van der Waals surface area contributed by atoms with Gasteiger partial charge in [-0.15, -0.1) is 0 Å². The Kier molecular flexibility index (Phi) is 3.83. The molecule has 6 nitrogen and oxygen atoms in total. The normalized spacial score (nSPS) is 14.1. The molecule has 0 unspecified atom stereocenters. The van der Waals surface area contributed by atoms with Crippen LogP contribution >= 0.6 is 0 Å². The number of anilines is 1. The molecule has 0 saturated carbocycles. The monoisotopic (exact) mass is 276 g/mol. The van der Waals surface area contributed by atoms with Crippen molar-refractivity contribution in [3.63, 3.8) is 0 Å². The van der Waals surface area contributed by atoms with E-state index in [0.29, 0.717) is 18.2 Å². The van der Waals surface area contributed by atoms with Gasteiger partial charge in [0.05, 0.1) is 16.2 Å². The van der Waals surface area contributed by atoms with Crippen molar-refractivity contribution in [1.82, 2.24) is 0 Å². The fourth-order valence-corrected chi connectivity index (χ4v) is 2.39. The summed E-state index contributed by atoms with van der Waals surface area (Å²) in [5, 5.41) is 10.7. The fraction of sp³-hybridized carbons (Fsp3) is 0.429. The molecular weight excluding hydrogens is 260 g/mol. The molecule has 0 aromatic heterocycles. The maximum Gasteiger partial charge on any atom is 0.299 e. The topological polar surface area (TPSA) is 80.5 Å². The summed E-state index contributed by atoms with van der Waals surface area (Å²) in [6, 6.07) is 3.99. The molecule has 20 heavy (non-hydrogen) atoms. The van der Waals surface area contributed by atoms with Crippen LogP contribution in [0, 0.1) is 16.0 Å². The number of amides is 1. The van der Waals surface area contributed by atoms with Gasteiger partial charge in [-0.3, -0.25) is 19.7 Å². The fourth-order valence-electron chi connectivity index (χ4n) is 2.39. The van der Waals surface area contributed by atoms with Gasteiger partial charge < -0.3 is 4.90 Å². The Morgan fingerprint density at radius 2 is 1.90 bits per heavy atom. The maximum atomic E-state index is 12.0. The molecular formula is C14H16N2O4. The van der Waals surface area contributed by atoms with E-state index < -0.39 is 16.6 Å². The third-order valence-corrected chi connectivity index (χ3v) is 3.76. The van der Waals surface area contributed by atoms with Crippen LogP contribution < -0.4 is 4.90 Å². The van der Waals surface area contributed by atoms with Crippen molar-refractivity contribution in [3.8, 4) is 0 Å². The summed E-state index contributed by atoms with van der Waals surface area (Å²) in [4.78, 5) is 35.6. The lowest BCUT2D eigenvalue weighted by molar-refractivity contribution is -0.384. The molecule has 1 heterocycles. The molecule has 0 aliphatic carbocycles. The van der Waals surface area contributed by atoms with Crippen LogP contribution in [0.2, 0.25) is 0 Å². The van der Waals surface area contributed by atoms with E-state index in [9.17, 15) is 19.7 Å². The van der Waals surface area contributed by atoms with Gasteiger partial charge in [-0.1, -0.05) is 26.7 Å². The lowest BCUT2D eigenvalue weighted by atomic mass is 10.0. The summed E-state index contributed by atoms with van der Waals surface area (Å²) in [5.41, 5.74) is 0.446. The zero-order valence-corrected chi connectivity index (χ0v) is 11.5. The van der Waals surface area contributed by atoms with Crippen LogP contribution in [0.1, 0.15) is 37.0 Å². The summed E-state index contributed by atoms with van der Waals surface area (Å²) in [7, 11) is 0. The van der Waals surface area contributed by atoms with Crippen molar-refractivity contribution in [3.05, 3.63) is 33.9 Å². The highest BCUT2D eigenvalue weighted by atomic mass is 16.6. The minimum atomic E-state index is -0.658. The second-order valence-electron chi connectivity index (χ2n) is 4.89. The van der Waals surface area contributed by atoms with Crippen LogP contribution in [-0.2, 0) is 4.79 Å². The van der Waals surface area contributed by atoms with E-state index in [1.54, 1.807) is 0 Å². The van der Waals surface area contributed by atoms with Crippen LogP contribution in [0.4, 0.5) is 11.4 Å². The average Bonchev–Trinajstić information content (AvgIpc) is 2.68. The number of hydrogen-bond acceptors (Lipinski definition) is 4. The minimum Gasteiger partial charge on any atom is -0.304 e. The first-order chi connectivity index (χ1) is 9.49. The molecule has 0 N–H and O–H groups in total. The largest absolute Gasteiger partial charge is 0.304 e. The number of carbonyl (C=O) groups is 2. The molecule has 1 aromatic rings. The molecule has 0 fully saturated rings. The van der Waals surface area contributed by atoms with Crippen molar-refractivity contribution >= 4 is 23.1 Å². The van der Waals surface area contributed by atoms with Gasteiger partial charge in [0, 0.05) is 18.7 Å². The van der Waals surface area contributed by atoms with E-state index in [1.807, 2.05) is 13.8 Å². The van der Waals surface area contributed by atoms with Gasteiger partial charge in [0.25, 0.3) is 17.4 Å². The molecule has 1 aliphatic rings. The van der Waals surface area contributed by atoms with Crippen LogP contribution in [0.15, 0.2) is 18.2 Å². The number of rotatable bonds is 5. The predicted molar refractivity (Wildman–Crippen MR) is 73.9 cm³/mol. The number of fused-ring (bicyclic) bond motifs is 1. The zero-order chi connectivity index (χ0) is 14.9. The van der Waals surface area contributed by atoms with Gasteiger partial charge in [0.15, 0.2) is 0 Å². The number of hydrogen-bond donors (Lipinski definition) is 0.